The summed E-state index contributed by atoms with van der Waals surface area (Å²) < 4.78 is 6.36. The number of hydrogen-bond acceptors (Lipinski definition) is 8. The standard InChI is InChI=1S/C27H31N5O5S/c1-17(15-33)32-23-25(35)30(16-31-19-10-6-5-9-18(19)28-29-31)13-8-12-27(23)22(24(32)34)21-20(38-27)11-4-2-3-7-14-37-26(21)36/h4-6,8-12,17,20-23,33H,2-3,7,13-16H2,1H3/b11-4-/t17-,20+,21-,22+,23?,27+/m1/s1. The first kappa shape index (κ1) is 25.1. The number of carbonyl (C=O) groups excluding carboxylic acids is 3. The van der Waals surface area contributed by atoms with Crippen LogP contribution < -0.4 is 0 Å². The molecule has 11 heteroatoms. The van der Waals surface area contributed by atoms with Gasteiger partial charge in [0.15, 0.2) is 0 Å². The number of thioether (sulfide) groups is 1. The Morgan fingerprint density at radius 2 is 2.03 bits per heavy atom. The number of benzene rings is 1. The van der Waals surface area contributed by atoms with E-state index >= 15 is 0 Å². The minimum Gasteiger partial charge on any atom is -0.465 e. The number of carbonyl (C=O) groups is 3. The van der Waals surface area contributed by atoms with Crippen LogP contribution in [0.15, 0.2) is 48.6 Å². The van der Waals surface area contributed by atoms with Crippen molar-refractivity contribution in [2.45, 2.75) is 54.9 Å². The molecule has 6 atom stereocenters. The smallest absolute Gasteiger partial charge is 0.311 e. The minimum atomic E-state index is -0.955. The lowest BCUT2D eigenvalue weighted by atomic mass is 9.78. The number of cyclic esters (lactones) is 1. The molecule has 2 fully saturated rings. The fraction of sp³-hybridized carbons (Fsp3) is 0.519. The van der Waals surface area contributed by atoms with E-state index in [1.165, 1.54) is 16.7 Å². The fourth-order valence-corrected chi connectivity index (χ4v) is 8.26. The largest absolute Gasteiger partial charge is 0.465 e. The predicted molar refractivity (Wildman–Crippen MR) is 141 cm³/mol. The molecule has 1 aromatic carbocycles. The zero-order valence-electron chi connectivity index (χ0n) is 21.2. The van der Waals surface area contributed by atoms with Crippen LogP contribution in [0.2, 0.25) is 0 Å². The quantitative estimate of drug-likeness (QED) is 0.463. The van der Waals surface area contributed by atoms with Gasteiger partial charge in [0.1, 0.15) is 18.2 Å². The third kappa shape index (κ3) is 3.86. The first-order valence-corrected chi connectivity index (χ1v) is 14.0. The van der Waals surface area contributed by atoms with Crippen molar-refractivity contribution in [1.82, 2.24) is 24.8 Å². The normalized spacial score (nSPS) is 32.9. The molecule has 38 heavy (non-hydrogen) atoms. The Bertz CT molecular complexity index is 1330. The lowest BCUT2D eigenvalue weighted by molar-refractivity contribution is -0.153. The highest BCUT2D eigenvalue weighted by atomic mass is 32.2. The van der Waals surface area contributed by atoms with Gasteiger partial charge in [0.25, 0.3) is 0 Å². The van der Waals surface area contributed by atoms with Gasteiger partial charge in [0.2, 0.25) is 11.8 Å². The summed E-state index contributed by atoms with van der Waals surface area (Å²) >= 11 is 1.50. The van der Waals surface area contributed by atoms with Gasteiger partial charge >= 0.3 is 5.97 Å². The maximum Gasteiger partial charge on any atom is 0.311 e. The lowest BCUT2D eigenvalue weighted by Gasteiger charge is -2.37. The molecule has 200 valence electrons. The van der Waals surface area contributed by atoms with Gasteiger partial charge in [-0.3, -0.25) is 14.4 Å². The lowest BCUT2D eigenvalue weighted by Crippen LogP contribution is -2.56. The van der Waals surface area contributed by atoms with Gasteiger partial charge < -0.3 is 19.6 Å². The highest BCUT2D eigenvalue weighted by Crippen LogP contribution is 2.61. The topological polar surface area (TPSA) is 118 Å². The van der Waals surface area contributed by atoms with Crippen molar-refractivity contribution in [2.75, 3.05) is 19.8 Å². The number of aromatic nitrogens is 3. The molecule has 1 unspecified atom stereocenters. The number of fused-ring (bicyclic) bond motifs is 3. The van der Waals surface area contributed by atoms with Crippen molar-refractivity contribution in [2.24, 2.45) is 11.8 Å². The van der Waals surface area contributed by atoms with Crippen molar-refractivity contribution < 1.29 is 24.2 Å². The van der Waals surface area contributed by atoms with Crippen LogP contribution in [0.4, 0.5) is 0 Å². The number of likely N-dealkylation sites (tertiary alicyclic amines) is 1. The number of hydrogen-bond donors (Lipinski definition) is 1. The third-order valence-electron chi connectivity index (χ3n) is 8.09. The summed E-state index contributed by atoms with van der Waals surface area (Å²) in [5.41, 5.74) is 1.53. The molecule has 4 aliphatic heterocycles. The Labute approximate surface area is 224 Å². The number of esters is 1. The highest BCUT2D eigenvalue weighted by Gasteiger charge is 2.71. The second-order valence-corrected chi connectivity index (χ2v) is 11.9. The maximum absolute atomic E-state index is 14.3. The number of amides is 2. The van der Waals surface area contributed by atoms with Crippen molar-refractivity contribution in [3.05, 3.63) is 48.6 Å². The number of para-hydroxylation sites is 1. The Kier molecular flexibility index (Phi) is 6.51. The molecule has 0 bridgehead atoms. The van der Waals surface area contributed by atoms with Gasteiger partial charge in [-0.2, -0.15) is 0 Å². The Hall–Kier alpha value is -3.18. The minimum absolute atomic E-state index is 0.163. The Balaban J connectivity index is 1.41. The van der Waals surface area contributed by atoms with Crippen LogP contribution in [0.1, 0.15) is 26.2 Å². The number of ether oxygens (including phenoxy) is 1. The third-order valence-corrected chi connectivity index (χ3v) is 9.83. The van der Waals surface area contributed by atoms with Crippen molar-refractivity contribution >= 4 is 40.6 Å². The van der Waals surface area contributed by atoms with E-state index in [2.05, 4.69) is 16.4 Å². The number of allylic oxidation sites excluding steroid dienone is 1. The number of nitrogens with zero attached hydrogens (tertiary/aromatic N) is 5. The van der Waals surface area contributed by atoms with E-state index in [1.54, 1.807) is 16.5 Å². The van der Waals surface area contributed by atoms with Gasteiger partial charge in [-0.25, -0.2) is 4.68 Å². The number of aliphatic hydroxyl groups is 1. The molecule has 10 nitrogen and oxygen atoms in total. The van der Waals surface area contributed by atoms with Crippen molar-refractivity contribution in [3.8, 4) is 0 Å². The van der Waals surface area contributed by atoms with E-state index in [1.807, 2.05) is 42.5 Å². The average molecular weight is 538 g/mol. The Morgan fingerprint density at radius 3 is 2.87 bits per heavy atom. The maximum atomic E-state index is 14.3. The first-order valence-electron chi connectivity index (χ1n) is 13.1. The van der Waals surface area contributed by atoms with Crippen LogP contribution in [-0.4, -0.2) is 89.5 Å². The monoisotopic (exact) mass is 537 g/mol. The van der Waals surface area contributed by atoms with E-state index in [0.717, 1.165) is 30.3 Å². The number of rotatable bonds is 4. The summed E-state index contributed by atoms with van der Waals surface area (Å²) in [5.74, 6) is -2.38. The average Bonchev–Trinajstić information content (AvgIpc) is 3.52. The van der Waals surface area contributed by atoms with E-state index in [9.17, 15) is 19.5 Å². The second-order valence-electron chi connectivity index (χ2n) is 10.4. The van der Waals surface area contributed by atoms with Gasteiger partial charge in [-0.05, 0) is 38.3 Å². The van der Waals surface area contributed by atoms with Crippen LogP contribution in [0, 0.1) is 11.8 Å². The summed E-state index contributed by atoms with van der Waals surface area (Å²) in [5, 5.41) is 18.2. The zero-order chi connectivity index (χ0) is 26.4. The summed E-state index contributed by atoms with van der Waals surface area (Å²) in [4.78, 5) is 45.0. The molecule has 1 aromatic heterocycles. The zero-order valence-corrected chi connectivity index (χ0v) is 22.0. The Morgan fingerprint density at radius 1 is 1.18 bits per heavy atom. The van der Waals surface area contributed by atoms with Crippen LogP contribution >= 0.6 is 11.8 Å². The molecule has 4 aliphatic rings. The summed E-state index contributed by atoms with van der Waals surface area (Å²) in [6.07, 6.45) is 10.5. The molecule has 6 rings (SSSR count). The van der Waals surface area contributed by atoms with Gasteiger partial charge in [-0.1, -0.05) is 41.7 Å². The molecule has 1 N–H and O–H groups in total. The van der Waals surface area contributed by atoms with Crippen molar-refractivity contribution in [1.29, 1.82) is 0 Å². The molecule has 2 aromatic rings. The van der Waals surface area contributed by atoms with Crippen LogP contribution in [-0.2, 0) is 25.8 Å². The van der Waals surface area contributed by atoms with Gasteiger partial charge in [0, 0.05) is 11.8 Å². The van der Waals surface area contributed by atoms with Crippen LogP contribution in [0.3, 0.4) is 0 Å². The SMILES string of the molecule is C[C@H](CO)N1C(=O)[C@@H]2[C@@H]3C(=O)OCCCC/C=C\[C@@H]3S[C@@]23C=CCN(Cn2nnc4ccccc42)C(=O)C13. The molecule has 1 spiro atoms. The van der Waals surface area contributed by atoms with E-state index in [4.69, 9.17) is 4.74 Å². The summed E-state index contributed by atoms with van der Waals surface area (Å²) in [7, 11) is 0. The molecule has 5 heterocycles. The first-order chi connectivity index (χ1) is 18.5. The summed E-state index contributed by atoms with van der Waals surface area (Å²) in [6, 6.07) is 6.07. The van der Waals surface area contributed by atoms with Gasteiger partial charge in [0.05, 0.1) is 41.4 Å². The molecule has 0 saturated carbocycles. The van der Waals surface area contributed by atoms with E-state index in [-0.39, 0.29) is 30.3 Å². The molecule has 0 radical (unpaired) electrons. The molecule has 2 saturated heterocycles. The molecular formula is C27H31N5O5S. The van der Waals surface area contributed by atoms with Gasteiger partial charge in [-0.15, -0.1) is 16.9 Å². The fourth-order valence-electron chi connectivity index (χ4n) is 6.28. The number of aliphatic hydroxyl groups excluding tert-OH is 1. The van der Waals surface area contributed by atoms with E-state index < -0.39 is 34.6 Å². The molecule has 0 aliphatic carbocycles. The second kappa shape index (κ2) is 9.85. The summed E-state index contributed by atoms with van der Waals surface area (Å²) in [6.45, 7) is 2.25. The van der Waals surface area contributed by atoms with Crippen LogP contribution in [0.5, 0.6) is 0 Å². The van der Waals surface area contributed by atoms with E-state index in [0.29, 0.717) is 13.2 Å². The van der Waals surface area contributed by atoms with Crippen molar-refractivity contribution in [3.63, 3.8) is 0 Å². The molecular weight excluding hydrogens is 506 g/mol. The van der Waals surface area contributed by atoms with Crippen LogP contribution in [0.25, 0.3) is 11.0 Å². The predicted octanol–water partition coefficient (Wildman–Crippen LogP) is 1.75. The highest BCUT2D eigenvalue weighted by molar-refractivity contribution is 8.02. The molecule has 2 amide bonds.